The van der Waals surface area contributed by atoms with Crippen molar-refractivity contribution in [3.8, 4) is 0 Å². The second kappa shape index (κ2) is 14.0. The van der Waals surface area contributed by atoms with Crippen molar-refractivity contribution in [2.24, 2.45) is 0 Å². The van der Waals surface area contributed by atoms with Gasteiger partial charge in [-0.3, -0.25) is 13.3 Å². The molecule has 41 heavy (non-hydrogen) atoms. The standard InChI is InChI=1S/C32H35N3O5S/c1-3-28(33-2)24-15-13-22(14-16-24)19-29(32(37)38)34-31(36)21-30(25-10-5-4-6-11-25)35(41(39)40)27-18-17-23-9-7-8-12-26(23)20-27/h4-18,20,28-30,33H,3,19,21H2,1-2H3,(H,34,36)(H,37,38)(H,39,40)/p-1. The van der Waals surface area contributed by atoms with Crippen LogP contribution in [0.1, 0.15) is 48.5 Å². The van der Waals surface area contributed by atoms with Gasteiger partial charge in [0.15, 0.2) is 0 Å². The third kappa shape index (κ3) is 7.58. The third-order valence-corrected chi connectivity index (χ3v) is 7.99. The molecule has 0 fully saturated rings. The van der Waals surface area contributed by atoms with Crippen LogP contribution in [0.25, 0.3) is 10.8 Å². The van der Waals surface area contributed by atoms with Gasteiger partial charge in [0, 0.05) is 29.4 Å². The zero-order valence-corrected chi connectivity index (χ0v) is 23.8. The van der Waals surface area contributed by atoms with E-state index in [0.29, 0.717) is 11.3 Å². The van der Waals surface area contributed by atoms with Gasteiger partial charge in [0.1, 0.15) is 6.04 Å². The lowest BCUT2D eigenvalue weighted by atomic mass is 9.99. The van der Waals surface area contributed by atoms with Gasteiger partial charge in [-0.2, -0.15) is 0 Å². The van der Waals surface area contributed by atoms with Crippen LogP contribution in [0.15, 0.2) is 97.1 Å². The monoisotopic (exact) mass is 572 g/mol. The van der Waals surface area contributed by atoms with E-state index < -0.39 is 35.2 Å². The van der Waals surface area contributed by atoms with Gasteiger partial charge < -0.3 is 20.3 Å². The number of anilines is 1. The summed E-state index contributed by atoms with van der Waals surface area (Å²) in [6, 6.07) is 27.5. The number of hydrogen-bond acceptors (Lipinski definition) is 5. The van der Waals surface area contributed by atoms with Crippen molar-refractivity contribution in [3.63, 3.8) is 0 Å². The van der Waals surface area contributed by atoms with Crippen molar-refractivity contribution in [2.45, 2.75) is 44.3 Å². The van der Waals surface area contributed by atoms with Crippen LogP contribution in [-0.4, -0.2) is 38.8 Å². The fourth-order valence-corrected chi connectivity index (χ4v) is 5.74. The molecule has 0 saturated heterocycles. The Balaban J connectivity index is 1.57. The first kappa shape index (κ1) is 29.9. The minimum absolute atomic E-state index is 0.0928. The summed E-state index contributed by atoms with van der Waals surface area (Å²) in [5.41, 5.74) is 2.88. The van der Waals surface area contributed by atoms with E-state index in [1.54, 1.807) is 42.5 Å². The number of amides is 1. The number of fused-ring (bicyclic) bond motifs is 1. The molecule has 0 aliphatic rings. The molecule has 0 bridgehead atoms. The number of carboxylic acid groups (broad SMARTS) is 1. The lowest BCUT2D eigenvalue weighted by Crippen LogP contribution is -2.44. The van der Waals surface area contributed by atoms with Crippen LogP contribution in [0.5, 0.6) is 0 Å². The summed E-state index contributed by atoms with van der Waals surface area (Å²) < 4.78 is 26.4. The summed E-state index contributed by atoms with van der Waals surface area (Å²) in [4.78, 5) is 25.4. The molecule has 4 atom stereocenters. The predicted octanol–water partition coefficient (Wildman–Crippen LogP) is 5.05. The second-order valence-corrected chi connectivity index (χ2v) is 10.7. The molecule has 8 nitrogen and oxygen atoms in total. The molecule has 4 unspecified atom stereocenters. The highest BCUT2D eigenvalue weighted by Gasteiger charge is 2.28. The van der Waals surface area contributed by atoms with Crippen LogP contribution in [0, 0.1) is 0 Å². The summed E-state index contributed by atoms with van der Waals surface area (Å²) in [5.74, 6) is -1.74. The molecule has 214 valence electrons. The van der Waals surface area contributed by atoms with Crippen LogP contribution in [0.3, 0.4) is 0 Å². The van der Waals surface area contributed by atoms with Gasteiger partial charge in [-0.05, 0) is 53.1 Å². The Hall–Kier alpha value is -4.05. The Bertz CT molecular complexity index is 1490. The normalized spacial score (nSPS) is 14.1. The van der Waals surface area contributed by atoms with Crippen LogP contribution >= 0.6 is 0 Å². The summed E-state index contributed by atoms with van der Waals surface area (Å²) >= 11 is -2.72. The van der Waals surface area contributed by atoms with Crippen LogP contribution < -0.4 is 14.9 Å². The Morgan fingerprint density at radius 3 is 2.17 bits per heavy atom. The number of rotatable bonds is 13. The van der Waals surface area contributed by atoms with Crippen molar-refractivity contribution in [3.05, 3.63) is 114 Å². The van der Waals surface area contributed by atoms with E-state index in [1.165, 1.54) is 4.31 Å². The number of benzene rings is 4. The number of carbonyl (C=O) groups is 2. The van der Waals surface area contributed by atoms with E-state index in [9.17, 15) is 23.5 Å². The van der Waals surface area contributed by atoms with Gasteiger partial charge in [-0.1, -0.05) is 91.9 Å². The average Bonchev–Trinajstić information content (AvgIpc) is 2.98. The van der Waals surface area contributed by atoms with Gasteiger partial charge in [0.2, 0.25) is 5.91 Å². The number of carbonyl (C=O) groups excluding carboxylic acids is 1. The third-order valence-electron chi connectivity index (χ3n) is 7.21. The van der Waals surface area contributed by atoms with E-state index in [4.69, 9.17) is 0 Å². The van der Waals surface area contributed by atoms with Crippen LogP contribution in [0.4, 0.5) is 5.69 Å². The van der Waals surface area contributed by atoms with Crippen molar-refractivity contribution < 1.29 is 23.5 Å². The molecule has 4 rings (SSSR count). The van der Waals surface area contributed by atoms with Crippen LogP contribution in [-0.2, 0) is 27.3 Å². The lowest BCUT2D eigenvalue weighted by molar-refractivity contribution is -0.141. The van der Waals surface area contributed by atoms with E-state index in [1.807, 2.05) is 61.6 Å². The summed E-state index contributed by atoms with van der Waals surface area (Å²) in [7, 11) is 1.89. The highest BCUT2D eigenvalue weighted by atomic mass is 32.2. The van der Waals surface area contributed by atoms with Crippen molar-refractivity contribution >= 4 is 39.6 Å². The van der Waals surface area contributed by atoms with Crippen molar-refractivity contribution in [1.29, 1.82) is 0 Å². The molecule has 0 aliphatic carbocycles. The summed E-state index contributed by atoms with van der Waals surface area (Å²) in [5, 5.41) is 17.6. The molecule has 0 aliphatic heterocycles. The molecule has 0 radical (unpaired) electrons. The highest BCUT2D eigenvalue weighted by molar-refractivity contribution is 7.80. The lowest BCUT2D eigenvalue weighted by Gasteiger charge is -2.35. The molecule has 3 N–H and O–H groups in total. The predicted molar refractivity (Wildman–Crippen MR) is 161 cm³/mol. The zero-order chi connectivity index (χ0) is 29.4. The number of nitrogens with zero attached hydrogens (tertiary/aromatic N) is 1. The number of aliphatic carboxylic acids is 1. The Morgan fingerprint density at radius 2 is 1.56 bits per heavy atom. The molecule has 0 saturated carbocycles. The summed E-state index contributed by atoms with van der Waals surface area (Å²) in [6.45, 7) is 2.08. The molecule has 0 spiro atoms. The number of carboxylic acids is 1. The van der Waals surface area contributed by atoms with E-state index in [-0.39, 0.29) is 18.9 Å². The first-order chi connectivity index (χ1) is 19.8. The topological polar surface area (TPSA) is 122 Å². The molecule has 9 heteroatoms. The summed E-state index contributed by atoms with van der Waals surface area (Å²) in [6.07, 6.45) is 0.736. The van der Waals surface area contributed by atoms with Crippen molar-refractivity contribution in [2.75, 3.05) is 11.4 Å². The molecular weight excluding hydrogens is 538 g/mol. The molecule has 4 aromatic carbocycles. The maximum absolute atomic E-state index is 13.3. The highest BCUT2D eigenvalue weighted by Crippen LogP contribution is 2.33. The quantitative estimate of drug-likeness (QED) is 0.193. The van der Waals surface area contributed by atoms with Gasteiger partial charge in [-0.15, -0.1) is 0 Å². The minimum Gasteiger partial charge on any atom is -0.755 e. The maximum Gasteiger partial charge on any atom is 0.326 e. The molecule has 0 aromatic heterocycles. The van der Waals surface area contributed by atoms with Gasteiger partial charge in [0.25, 0.3) is 0 Å². The second-order valence-electron chi connectivity index (χ2n) is 9.86. The van der Waals surface area contributed by atoms with Gasteiger partial charge >= 0.3 is 5.97 Å². The van der Waals surface area contributed by atoms with Crippen LogP contribution in [0.2, 0.25) is 0 Å². The molecule has 4 aromatic rings. The first-order valence-electron chi connectivity index (χ1n) is 13.5. The molecule has 1 amide bonds. The van der Waals surface area contributed by atoms with E-state index >= 15 is 0 Å². The SMILES string of the molecule is CCC(NC)c1ccc(CC(NC(=O)CC(c2ccccc2)N(c2ccc3ccccc3c2)S(=O)[O-])C(=O)O)cc1. The smallest absolute Gasteiger partial charge is 0.326 e. The Labute approximate surface area is 242 Å². The fourth-order valence-electron chi connectivity index (χ4n) is 5.05. The maximum atomic E-state index is 13.3. The minimum atomic E-state index is -2.72. The van der Waals surface area contributed by atoms with Gasteiger partial charge in [0.05, 0.1) is 12.5 Å². The molecular formula is C32H34N3O5S-. The number of nitrogens with one attached hydrogen (secondary N) is 2. The Kier molecular flexibility index (Phi) is 10.2. The Morgan fingerprint density at radius 1 is 0.902 bits per heavy atom. The average molecular weight is 573 g/mol. The number of hydrogen-bond donors (Lipinski definition) is 3. The largest absolute Gasteiger partial charge is 0.755 e. The van der Waals surface area contributed by atoms with Crippen molar-refractivity contribution in [1.82, 2.24) is 10.6 Å². The van der Waals surface area contributed by atoms with E-state index in [2.05, 4.69) is 17.6 Å². The van der Waals surface area contributed by atoms with E-state index in [0.717, 1.165) is 28.3 Å². The zero-order valence-electron chi connectivity index (χ0n) is 23.0. The molecule has 0 heterocycles. The van der Waals surface area contributed by atoms with Gasteiger partial charge in [-0.25, -0.2) is 4.79 Å². The first-order valence-corrected chi connectivity index (χ1v) is 14.5. The fraction of sp³-hybridized carbons (Fsp3) is 0.250.